The minimum Gasteiger partial charge on any atom is -0.307 e. The van der Waals surface area contributed by atoms with E-state index in [0.717, 1.165) is 16.9 Å². The maximum absolute atomic E-state index is 13.6. The lowest BCUT2D eigenvalue weighted by atomic mass is 10.2. The first-order valence-electron chi connectivity index (χ1n) is 9.32. The molecule has 0 atom stereocenters. The van der Waals surface area contributed by atoms with Crippen molar-refractivity contribution < 1.29 is 26.4 Å². The van der Waals surface area contributed by atoms with Crippen molar-refractivity contribution in [2.75, 3.05) is 5.32 Å². The van der Waals surface area contributed by atoms with Gasteiger partial charge in [-0.25, -0.2) is 18.1 Å². The summed E-state index contributed by atoms with van der Waals surface area (Å²) in [7, 11) is -2.85. The van der Waals surface area contributed by atoms with Crippen LogP contribution < -0.4 is 5.32 Å². The Morgan fingerprint density at radius 2 is 1.82 bits per heavy atom. The van der Waals surface area contributed by atoms with E-state index in [1.807, 2.05) is 0 Å². The maximum Gasteiger partial charge on any atom is 0.433 e. The highest BCUT2D eigenvalue weighted by Gasteiger charge is 2.36. The molecule has 0 aliphatic rings. The van der Waals surface area contributed by atoms with Crippen LogP contribution in [0.25, 0.3) is 16.9 Å². The molecule has 33 heavy (non-hydrogen) atoms. The number of hydrogen-bond donors (Lipinski definition) is 2. The molecular formula is C21H14F3N5O3S. The van der Waals surface area contributed by atoms with Gasteiger partial charge in [0.2, 0.25) is 0 Å². The summed E-state index contributed by atoms with van der Waals surface area (Å²) in [5.41, 5.74) is -0.376. The van der Waals surface area contributed by atoms with E-state index in [4.69, 9.17) is 0 Å². The first-order chi connectivity index (χ1) is 15.7. The van der Waals surface area contributed by atoms with Crippen molar-refractivity contribution in [2.45, 2.75) is 11.1 Å². The van der Waals surface area contributed by atoms with Gasteiger partial charge in [-0.2, -0.15) is 18.3 Å². The van der Waals surface area contributed by atoms with Crippen LogP contribution in [-0.4, -0.2) is 34.1 Å². The van der Waals surface area contributed by atoms with Crippen molar-refractivity contribution in [1.29, 1.82) is 0 Å². The number of pyridine rings is 2. The molecule has 8 nitrogen and oxygen atoms in total. The van der Waals surface area contributed by atoms with Crippen LogP contribution >= 0.6 is 0 Å². The van der Waals surface area contributed by atoms with Gasteiger partial charge in [0.05, 0.1) is 22.5 Å². The van der Waals surface area contributed by atoms with Gasteiger partial charge in [0.15, 0.2) is 10.7 Å². The molecule has 3 heterocycles. The van der Waals surface area contributed by atoms with Gasteiger partial charge in [0.25, 0.3) is 5.91 Å². The molecule has 0 bridgehead atoms. The molecule has 0 fully saturated rings. The summed E-state index contributed by atoms with van der Waals surface area (Å²) >= 11 is 0. The summed E-state index contributed by atoms with van der Waals surface area (Å²) in [6.07, 6.45) is -0.634. The van der Waals surface area contributed by atoms with Crippen LogP contribution in [0.2, 0.25) is 0 Å². The number of rotatable bonds is 5. The Balaban J connectivity index is 1.61. The van der Waals surface area contributed by atoms with E-state index >= 15 is 0 Å². The molecule has 3 aromatic heterocycles. The number of carbonyl (C=O) groups excluding carboxylic acids is 1. The van der Waals surface area contributed by atoms with Gasteiger partial charge >= 0.3 is 6.18 Å². The van der Waals surface area contributed by atoms with Crippen molar-refractivity contribution in [3.63, 3.8) is 0 Å². The van der Waals surface area contributed by atoms with E-state index in [-0.39, 0.29) is 27.7 Å². The van der Waals surface area contributed by atoms with Crippen molar-refractivity contribution in [2.24, 2.45) is 0 Å². The van der Waals surface area contributed by atoms with Crippen LogP contribution in [0, 0.1) is 0 Å². The lowest BCUT2D eigenvalue weighted by Crippen LogP contribution is -2.15. The van der Waals surface area contributed by atoms with Crippen molar-refractivity contribution in [3.8, 4) is 16.9 Å². The number of aromatic nitrogens is 4. The van der Waals surface area contributed by atoms with Crippen LogP contribution in [-0.2, 0) is 16.9 Å². The topological polar surface area (TPSA) is 107 Å². The number of benzene rings is 1. The molecule has 1 aromatic carbocycles. The normalized spacial score (nSPS) is 11.5. The summed E-state index contributed by atoms with van der Waals surface area (Å²) in [6, 6.07) is 12.1. The monoisotopic (exact) mass is 473 g/mol. The van der Waals surface area contributed by atoms with Gasteiger partial charge in [0.1, 0.15) is 11.5 Å². The van der Waals surface area contributed by atoms with Gasteiger partial charge in [-0.05, 0) is 48.5 Å². The summed E-state index contributed by atoms with van der Waals surface area (Å²) in [6.45, 7) is 0. The molecular weight excluding hydrogens is 459 g/mol. The number of nitrogens with one attached hydrogen (secondary N) is 1. The SMILES string of the molecule is O=C(Nc1ccc(-n2nc(-c3cccnc3)cc2C(F)(F)F)cn1)c1cccc([SH](=O)=O)c1. The molecule has 0 spiro atoms. The van der Waals surface area contributed by atoms with Crippen molar-refractivity contribution >= 4 is 22.4 Å². The highest BCUT2D eigenvalue weighted by molar-refractivity contribution is 7.72. The molecule has 12 heteroatoms. The van der Waals surface area contributed by atoms with Crippen molar-refractivity contribution in [1.82, 2.24) is 19.7 Å². The molecule has 0 saturated heterocycles. The Morgan fingerprint density at radius 1 is 1.00 bits per heavy atom. The average Bonchev–Trinajstić information content (AvgIpc) is 3.26. The van der Waals surface area contributed by atoms with E-state index in [1.54, 1.807) is 12.1 Å². The smallest absolute Gasteiger partial charge is 0.307 e. The molecule has 0 saturated carbocycles. The Hall–Kier alpha value is -4.06. The number of alkyl halides is 3. The van der Waals surface area contributed by atoms with Gasteiger partial charge < -0.3 is 5.32 Å². The summed E-state index contributed by atoms with van der Waals surface area (Å²) < 4.78 is 63.7. The summed E-state index contributed by atoms with van der Waals surface area (Å²) in [5, 5.41) is 6.53. The van der Waals surface area contributed by atoms with Crippen molar-refractivity contribution in [3.05, 3.63) is 84.4 Å². The first kappa shape index (κ1) is 22.1. The second-order valence-corrected chi connectivity index (χ2v) is 7.76. The van der Waals surface area contributed by atoms with Gasteiger partial charge in [-0.1, -0.05) is 6.07 Å². The quantitative estimate of drug-likeness (QED) is 0.429. The van der Waals surface area contributed by atoms with E-state index in [1.165, 1.54) is 48.8 Å². The fraction of sp³-hybridized carbons (Fsp3) is 0.0476. The molecule has 0 radical (unpaired) electrons. The maximum atomic E-state index is 13.6. The van der Waals surface area contributed by atoms with Gasteiger partial charge in [0, 0.05) is 23.5 Å². The zero-order valence-corrected chi connectivity index (χ0v) is 17.4. The Labute approximate surface area is 186 Å². The predicted molar refractivity (Wildman–Crippen MR) is 113 cm³/mol. The number of carbonyl (C=O) groups is 1. The van der Waals surface area contributed by atoms with Crippen LogP contribution in [0.5, 0.6) is 0 Å². The number of halogens is 3. The third-order valence-electron chi connectivity index (χ3n) is 4.51. The Morgan fingerprint density at radius 3 is 2.45 bits per heavy atom. The summed E-state index contributed by atoms with van der Waals surface area (Å²) in [4.78, 5) is 20.2. The molecule has 168 valence electrons. The van der Waals surface area contributed by atoms with Crippen LogP contribution in [0.1, 0.15) is 16.1 Å². The number of nitrogens with zero attached hydrogens (tertiary/aromatic N) is 4. The van der Waals surface area contributed by atoms with Gasteiger partial charge in [-0.3, -0.25) is 9.78 Å². The molecule has 0 unspecified atom stereocenters. The lowest BCUT2D eigenvalue weighted by Gasteiger charge is -2.10. The largest absolute Gasteiger partial charge is 0.433 e. The second-order valence-electron chi connectivity index (χ2n) is 6.73. The molecule has 4 rings (SSSR count). The number of thiol groups is 1. The van der Waals surface area contributed by atoms with Crippen LogP contribution in [0.15, 0.2) is 78.1 Å². The molecule has 1 amide bonds. The predicted octanol–water partition coefficient (Wildman–Crippen LogP) is 3.57. The highest BCUT2D eigenvalue weighted by atomic mass is 32.2. The molecule has 1 N–H and O–H groups in total. The number of hydrogen-bond acceptors (Lipinski definition) is 6. The Bertz CT molecular complexity index is 1380. The fourth-order valence-corrected chi connectivity index (χ4v) is 3.42. The molecule has 4 aromatic rings. The zero-order chi connectivity index (χ0) is 23.6. The average molecular weight is 473 g/mol. The van der Waals surface area contributed by atoms with Crippen LogP contribution in [0.4, 0.5) is 19.0 Å². The molecule has 0 aliphatic carbocycles. The zero-order valence-electron chi connectivity index (χ0n) is 16.5. The minimum absolute atomic E-state index is 0.0243. The highest BCUT2D eigenvalue weighted by Crippen LogP contribution is 2.33. The van der Waals surface area contributed by atoms with Gasteiger partial charge in [-0.15, -0.1) is 0 Å². The first-order valence-corrected chi connectivity index (χ1v) is 10.5. The Kier molecular flexibility index (Phi) is 5.92. The standard InChI is InChI=1S/C21H14F3N5O3S/c22-21(23,24)18-10-17(14-4-2-8-25-11-14)28-29(18)15-6-7-19(26-12-15)27-20(30)13-3-1-5-16(9-13)33(31)32/h1-12,33H,(H,26,27,30). The van der Waals surface area contributed by atoms with E-state index in [2.05, 4.69) is 20.4 Å². The second kappa shape index (κ2) is 8.82. The fourth-order valence-electron chi connectivity index (χ4n) is 2.97. The summed E-state index contributed by atoms with van der Waals surface area (Å²) in [5.74, 6) is -0.559. The number of anilines is 1. The number of amides is 1. The van der Waals surface area contributed by atoms with E-state index < -0.39 is 28.5 Å². The minimum atomic E-state index is -4.67. The third kappa shape index (κ3) is 4.90. The molecule has 0 aliphatic heterocycles. The third-order valence-corrected chi connectivity index (χ3v) is 5.21. The van der Waals surface area contributed by atoms with E-state index in [9.17, 15) is 26.4 Å². The van der Waals surface area contributed by atoms with E-state index in [0.29, 0.717) is 5.56 Å². The lowest BCUT2D eigenvalue weighted by molar-refractivity contribution is -0.142. The van der Waals surface area contributed by atoms with Crippen LogP contribution in [0.3, 0.4) is 0 Å².